The van der Waals surface area contributed by atoms with Gasteiger partial charge in [-0.2, -0.15) is 0 Å². The van der Waals surface area contributed by atoms with Gasteiger partial charge in [0.25, 0.3) is 0 Å². The van der Waals surface area contributed by atoms with Gasteiger partial charge in [0.2, 0.25) is 0 Å². The smallest absolute Gasteiger partial charge is 0.196 e. The topological polar surface area (TPSA) is 46.5 Å². The molecule has 0 atom stereocenters. The molecule has 1 aromatic rings. The molecule has 1 N–H and O–H groups in total. The summed E-state index contributed by atoms with van der Waals surface area (Å²) in [6.45, 7) is 10.9. The molecule has 0 unspecified atom stereocenters. The van der Waals surface area contributed by atoms with Crippen LogP contribution in [-0.2, 0) is 0 Å². The van der Waals surface area contributed by atoms with Gasteiger partial charge >= 0.3 is 0 Å². The number of ketones is 1. The lowest BCUT2D eigenvalue weighted by atomic mass is 10.0. The number of carbonyl (C=O) groups is 1. The van der Waals surface area contributed by atoms with Crippen molar-refractivity contribution >= 4 is 5.78 Å². The molecule has 1 rings (SSSR count). The standard InChI is InChI=1S/C16H16O3/c1-4-7-12(6-3)16(18)14-9-8-13(11-15(14)17)19-10-5-2/h4-9,11,17H,1-3,10H2/b12-7+. The molecule has 3 nitrogen and oxygen atoms in total. The molecule has 0 aliphatic rings. The lowest BCUT2D eigenvalue weighted by Gasteiger charge is -2.07. The largest absolute Gasteiger partial charge is 0.507 e. The number of phenolic OH excluding ortho intramolecular Hbond substituents is 1. The van der Waals surface area contributed by atoms with Crippen LogP contribution in [0.25, 0.3) is 0 Å². The van der Waals surface area contributed by atoms with E-state index in [9.17, 15) is 9.90 Å². The molecule has 98 valence electrons. The minimum Gasteiger partial charge on any atom is -0.507 e. The number of carbonyl (C=O) groups excluding carboxylic acids is 1. The number of hydrogen-bond donors (Lipinski definition) is 1. The van der Waals surface area contributed by atoms with Crippen molar-refractivity contribution < 1.29 is 14.6 Å². The van der Waals surface area contributed by atoms with E-state index in [4.69, 9.17) is 4.74 Å². The zero-order chi connectivity index (χ0) is 14.3. The van der Waals surface area contributed by atoms with Crippen molar-refractivity contribution in [2.75, 3.05) is 6.61 Å². The predicted octanol–water partition coefficient (Wildman–Crippen LogP) is 3.44. The molecule has 0 heterocycles. The first-order valence-corrected chi connectivity index (χ1v) is 5.70. The van der Waals surface area contributed by atoms with Gasteiger partial charge in [0.05, 0.1) is 5.56 Å². The van der Waals surface area contributed by atoms with E-state index < -0.39 is 0 Å². The quantitative estimate of drug-likeness (QED) is 0.352. The second-order valence-electron chi connectivity index (χ2n) is 3.67. The number of ether oxygens (including phenoxy) is 1. The first kappa shape index (κ1) is 14.5. The number of Topliss-reactive ketones (excluding diaryl/α,β-unsaturated/α-hetero) is 1. The van der Waals surface area contributed by atoms with Gasteiger partial charge in [0, 0.05) is 11.6 Å². The number of rotatable bonds is 7. The van der Waals surface area contributed by atoms with Crippen LogP contribution in [0.4, 0.5) is 0 Å². The first-order valence-electron chi connectivity index (χ1n) is 5.70. The molecule has 0 saturated heterocycles. The van der Waals surface area contributed by atoms with E-state index >= 15 is 0 Å². The summed E-state index contributed by atoms with van der Waals surface area (Å²) in [4.78, 5) is 12.1. The number of aromatic hydroxyl groups is 1. The number of phenols is 1. The van der Waals surface area contributed by atoms with Crippen LogP contribution in [0.3, 0.4) is 0 Å². The van der Waals surface area contributed by atoms with Crippen molar-refractivity contribution in [1.29, 1.82) is 0 Å². The maximum Gasteiger partial charge on any atom is 0.196 e. The summed E-state index contributed by atoms with van der Waals surface area (Å²) in [5.74, 6) is 0.0212. The second kappa shape index (κ2) is 7.01. The van der Waals surface area contributed by atoms with E-state index in [0.29, 0.717) is 17.9 Å². The van der Waals surface area contributed by atoms with Gasteiger partial charge in [-0.3, -0.25) is 4.79 Å². The van der Waals surface area contributed by atoms with Gasteiger partial charge < -0.3 is 9.84 Å². The highest BCUT2D eigenvalue weighted by Crippen LogP contribution is 2.26. The Morgan fingerprint density at radius 2 is 2.05 bits per heavy atom. The minimum atomic E-state index is -0.317. The van der Waals surface area contributed by atoms with E-state index in [-0.39, 0.29) is 17.1 Å². The summed E-state index contributed by atoms with van der Waals surface area (Å²) in [6, 6.07) is 4.52. The summed E-state index contributed by atoms with van der Waals surface area (Å²) in [6.07, 6.45) is 6.05. The molecule has 0 saturated carbocycles. The molecule has 0 spiro atoms. The van der Waals surface area contributed by atoms with Crippen LogP contribution in [0.2, 0.25) is 0 Å². The molecule has 0 fully saturated rings. The Morgan fingerprint density at radius 3 is 2.58 bits per heavy atom. The predicted molar refractivity (Wildman–Crippen MR) is 76.6 cm³/mol. The fourth-order valence-corrected chi connectivity index (χ4v) is 1.47. The number of hydrogen-bond acceptors (Lipinski definition) is 3. The van der Waals surface area contributed by atoms with Crippen molar-refractivity contribution in [3.05, 3.63) is 73.4 Å². The lowest BCUT2D eigenvalue weighted by molar-refractivity contribution is 0.103. The molecule has 1 aromatic carbocycles. The SMILES string of the molecule is C=C/C=C(\C=C)C(=O)c1ccc(OCC=C)cc1O. The van der Waals surface area contributed by atoms with Gasteiger partial charge in [-0.25, -0.2) is 0 Å². The minimum absolute atomic E-state index is 0.136. The van der Waals surface area contributed by atoms with Gasteiger partial charge in [0.1, 0.15) is 18.1 Å². The normalized spacial score (nSPS) is 10.6. The Bertz CT molecular complexity index is 539. The Kier molecular flexibility index (Phi) is 5.35. The van der Waals surface area contributed by atoms with Crippen LogP contribution in [0.1, 0.15) is 10.4 Å². The molecular formula is C16H16O3. The summed E-state index contributed by atoms with van der Waals surface area (Å²) in [7, 11) is 0. The maximum atomic E-state index is 12.1. The van der Waals surface area contributed by atoms with Crippen molar-refractivity contribution in [3.8, 4) is 11.5 Å². The second-order valence-corrected chi connectivity index (χ2v) is 3.67. The summed E-state index contributed by atoms with van der Waals surface area (Å²) >= 11 is 0. The van der Waals surface area contributed by atoms with Crippen LogP contribution in [0.15, 0.2) is 67.8 Å². The Hall–Kier alpha value is -2.55. The highest BCUT2D eigenvalue weighted by Gasteiger charge is 2.14. The third-order valence-electron chi connectivity index (χ3n) is 2.36. The average Bonchev–Trinajstić information content (AvgIpc) is 2.42. The summed E-state index contributed by atoms with van der Waals surface area (Å²) in [5, 5.41) is 9.86. The van der Waals surface area contributed by atoms with E-state index in [1.54, 1.807) is 12.1 Å². The van der Waals surface area contributed by atoms with Crippen molar-refractivity contribution in [3.63, 3.8) is 0 Å². The molecule has 0 aromatic heterocycles. The molecule has 0 aliphatic heterocycles. The highest BCUT2D eigenvalue weighted by molar-refractivity contribution is 6.12. The zero-order valence-corrected chi connectivity index (χ0v) is 10.6. The van der Waals surface area contributed by atoms with Crippen LogP contribution >= 0.6 is 0 Å². The average molecular weight is 256 g/mol. The van der Waals surface area contributed by atoms with Crippen molar-refractivity contribution in [2.45, 2.75) is 0 Å². The molecule has 19 heavy (non-hydrogen) atoms. The molecule has 0 aliphatic carbocycles. The van der Waals surface area contributed by atoms with Crippen molar-refractivity contribution in [1.82, 2.24) is 0 Å². The molecular weight excluding hydrogens is 240 g/mol. The number of allylic oxidation sites excluding steroid dienone is 4. The van der Waals surface area contributed by atoms with Gasteiger partial charge in [-0.1, -0.05) is 44.0 Å². The Morgan fingerprint density at radius 1 is 1.32 bits per heavy atom. The number of benzene rings is 1. The fourth-order valence-electron chi connectivity index (χ4n) is 1.47. The Labute approximate surface area is 112 Å². The van der Waals surface area contributed by atoms with E-state index in [0.717, 1.165) is 0 Å². The highest BCUT2D eigenvalue weighted by atomic mass is 16.5. The molecule has 0 amide bonds. The maximum absolute atomic E-state index is 12.1. The van der Waals surface area contributed by atoms with Crippen LogP contribution in [0.5, 0.6) is 11.5 Å². The molecule has 0 radical (unpaired) electrons. The lowest BCUT2D eigenvalue weighted by Crippen LogP contribution is -2.02. The van der Waals surface area contributed by atoms with E-state index in [2.05, 4.69) is 19.7 Å². The van der Waals surface area contributed by atoms with Crippen LogP contribution < -0.4 is 4.74 Å². The Balaban J connectivity index is 3.05. The van der Waals surface area contributed by atoms with E-state index in [1.165, 1.54) is 30.4 Å². The van der Waals surface area contributed by atoms with Crippen molar-refractivity contribution in [2.24, 2.45) is 0 Å². The van der Waals surface area contributed by atoms with Crippen LogP contribution in [0, 0.1) is 0 Å². The first-order chi connectivity index (χ1) is 9.13. The molecule has 0 bridgehead atoms. The van der Waals surface area contributed by atoms with Gasteiger partial charge in [-0.05, 0) is 12.1 Å². The monoisotopic (exact) mass is 256 g/mol. The zero-order valence-electron chi connectivity index (χ0n) is 10.6. The summed E-state index contributed by atoms with van der Waals surface area (Å²) < 4.78 is 5.26. The fraction of sp³-hybridized carbons (Fsp3) is 0.0625. The van der Waals surface area contributed by atoms with Gasteiger partial charge in [-0.15, -0.1) is 0 Å². The van der Waals surface area contributed by atoms with Gasteiger partial charge in [0.15, 0.2) is 5.78 Å². The third kappa shape index (κ3) is 3.71. The molecule has 3 heteroatoms. The third-order valence-corrected chi connectivity index (χ3v) is 2.36. The summed E-state index contributed by atoms with van der Waals surface area (Å²) in [5.41, 5.74) is 0.559. The van der Waals surface area contributed by atoms with Crippen LogP contribution in [-0.4, -0.2) is 17.5 Å². The van der Waals surface area contributed by atoms with E-state index in [1.807, 2.05) is 0 Å².